The number of hydrogen-bond acceptors (Lipinski definition) is 2. The lowest BCUT2D eigenvalue weighted by Gasteiger charge is -2.03. The van der Waals surface area contributed by atoms with Crippen LogP contribution < -0.4 is 5.73 Å². The molecule has 2 N–H and O–H groups in total. The van der Waals surface area contributed by atoms with Gasteiger partial charge in [0, 0.05) is 17.9 Å². The molecule has 1 aromatic heterocycles. The standard InChI is InChI=1S/C10H16N2/c1-8-3-5-10(12-7-8)6-4-9(2)11/h3,5,7,9H,4,6,11H2,1-2H3/t9-/m0/s1. The Balaban J connectivity index is 2.48. The predicted octanol–water partition coefficient (Wildman–Crippen LogP) is 1.67. The third-order valence-electron chi connectivity index (χ3n) is 1.83. The molecule has 1 heterocycles. The Kier molecular flexibility index (Phi) is 3.23. The zero-order valence-corrected chi connectivity index (χ0v) is 7.75. The van der Waals surface area contributed by atoms with Gasteiger partial charge < -0.3 is 5.73 Å². The van der Waals surface area contributed by atoms with Gasteiger partial charge in [0.05, 0.1) is 0 Å². The minimum Gasteiger partial charge on any atom is -0.328 e. The van der Waals surface area contributed by atoms with Crippen LogP contribution in [0.15, 0.2) is 18.3 Å². The normalized spacial score (nSPS) is 12.9. The largest absolute Gasteiger partial charge is 0.328 e. The lowest BCUT2D eigenvalue weighted by Crippen LogP contribution is -2.15. The second-order valence-electron chi connectivity index (χ2n) is 3.34. The maximum absolute atomic E-state index is 5.64. The van der Waals surface area contributed by atoms with Crippen molar-refractivity contribution in [3.8, 4) is 0 Å². The van der Waals surface area contributed by atoms with E-state index in [-0.39, 0.29) is 6.04 Å². The maximum atomic E-state index is 5.64. The average Bonchev–Trinajstić information content (AvgIpc) is 2.03. The van der Waals surface area contributed by atoms with Crippen LogP contribution in [0.5, 0.6) is 0 Å². The molecule has 1 aromatic rings. The summed E-state index contributed by atoms with van der Waals surface area (Å²) in [4.78, 5) is 4.29. The molecule has 0 aliphatic heterocycles. The first-order valence-corrected chi connectivity index (χ1v) is 4.35. The van der Waals surface area contributed by atoms with Gasteiger partial charge in [0.2, 0.25) is 0 Å². The highest BCUT2D eigenvalue weighted by molar-refractivity contribution is 5.12. The lowest BCUT2D eigenvalue weighted by atomic mass is 10.1. The molecule has 0 saturated heterocycles. The third kappa shape index (κ3) is 3.01. The van der Waals surface area contributed by atoms with Crippen molar-refractivity contribution in [2.75, 3.05) is 0 Å². The van der Waals surface area contributed by atoms with Gasteiger partial charge in [0.25, 0.3) is 0 Å². The van der Waals surface area contributed by atoms with Crippen LogP contribution in [0.2, 0.25) is 0 Å². The van der Waals surface area contributed by atoms with E-state index in [0.29, 0.717) is 0 Å². The molecular formula is C10H16N2. The third-order valence-corrected chi connectivity index (χ3v) is 1.83. The highest BCUT2D eigenvalue weighted by Gasteiger charge is 1.97. The van der Waals surface area contributed by atoms with E-state index in [2.05, 4.69) is 17.1 Å². The van der Waals surface area contributed by atoms with Crippen molar-refractivity contribution in [3.63, 3.8) is 0 Å². The topological polar surface area (TPSA) is 38.9 Å². The Labute approximate surface area is 73.8 Å². The van der Waals surface area contributed by atoms with Crippen molar-refractivity contribution < 1.29 is 0 Å². The van der Waals surface area contributed by atoms with Gasteiger partial charge in [-0.15, -0.1) is 0 Å². The summed E-state index contributed by atoms with van der Waals surface area (Å²) in [5.74, 6) is 0. The monoisotopic (exact) mass is 164 g/mol. The zero-order chi connectivity index (χ0) is 8.97. The molecule has 0 fully saturated rings. The quantitative estimate of drug-likeness (QED) is 0.738. The van der Waals surface area contributed by atoms with Crippen LogP contribution in [0.4, 0.5) is 0 Å². The maximum Gasteiger partial charge on any atom is 0.0404 e. The van der Waals surface area contributed by atoms with Gasteiger partial charge in [0.1, 0.15) is 0 Å². The van der Waals surface area contributed by atoms with Gasteiger partial charge in [-0.25, -0.2) is 0 Å². The highest BCUT2D eigenvalue weighted by Crippen LogP contribution is 2.02. The summed E-state index contributed by atoms with van der Waals surface area (Å²) < 4.78 is 0. The molecule has 1 rings (SSSR count). The van der Waals surface area contributed by atoms with Crippen LogP contribution in [0.1, 0.15) is 24.6 Å². The smallest absolute Gasteiger partial charge is 0.0404 e. The molecule has 0 aliphatic carbocycles. The van der Waals surface area contributed by atoms with Gasteiger partial charge in [-0.2, -0.15) is 0 Å². The zero-order valence-electron chi connectivity index (χ0n) is 7.75. The van der Waals surface area contributed by atoms with Crippen LogP contribution in [0.25, 0.3) is 0 Å². The van der Waals surface area contributed by atoms with Crippen molar-refractivity contribution in [2.24, 2.45) is 5.73 Å². The van der Waals surface area contributed by atoms with E-state index in [1.807, 2.05) is 20.0 Å². The molecule has 66 valence electrons. The van der Waals surface area contributed by atoms with Crippen molar-refractivity contribution in [2.45, 2.75) is 32.7 Å². The number of nitrogens with two attached hydrogens (primary N) is 1. The van der Waals surface area contributed by atoms with E-state index < -0.39 is 0 Å². The number of rotatable bonds is 3. The fraction of sp³-hybridized carbons (Fsp3) is 0.500. The molecule has 0 aliphatic rings. The summed E-state index contributed by atoms with van der Waals surface area (Å²) in [6.45, 7) is 4.07. The van der Waals surface area contributed by atoms with Crippen molar-refractivity contribution in [1.29, 1.82) is 0 Å². The molecular weight excluding hydrogens is 148 g/mol. The van der Waals surface area contributed by atoms with Gasteiger partial charge >= 0.3 is 0 Å². The molecule has 2 heteroatoms. The summed E-state index contributed by atoms with van der Waals surface area (Å²) in [5, 5.41) is 0. The summed E-state index contributed by atoms with van der Waals surface area (Å²) >= 11 is 0. The van der Waals surface area contributed by atoms with Crippen molar-refractivity contribution in [3.05, 3.63) is 29.6 Å². The molecule has 0 amide bonds. The molecule has 0 bridgehead atoms. The van der Waals surface area contributed by atoms with Crippen LogP contribution in [-0.4, -0.2) is 11.0 Å². The first-order chi connectivity index (χ1) is 5.68. The highest BCUT2D eigenvalue weighted by atomic mass is 14.7. The van der Waals surface area contributed by atoms with Crippen LogP contribution in [-0.2, 0) is 6.42 Å². The van der Waals surface area contributed by atoms with E-state index in [1.54, 1.807) is 0 Å². The van der Waals surface area contributed by atoms with Crippen molar-refractivity contribution in [1.82, 2.24) is 4.98 Å². The Bertz CT molecular complexity index is 226. The summed E-state index contributed by atoms with van der Waals surface area (Å²) in [6.07, 6.45) is 3.89. The fourth-order valence-electron chi connectivity index (χ4n) is 1.02. The molecule has 0 spiro atoms. The van der Waals surface area contributed by atoms with Gasteiger partial charge in [-0.3, -0.25) is 4.98 Å². The van der Waals surface area contributed by atoms with Crippen molar-refractivity contribution >= 4 is 0 Å². The SMILES string of the molecule is Cc1ccc(CC[C@H](C)N)nc1. The number of nitrogens with zero attached hydrogens (tertiary/aromatic N) is 1. The Hall–Kier alpha value is -0.890. The van der Waals surface area contributed by atoms with Gasteiger partial charge in [0.15, 0.2) is 0 Å². The number of pyridine rings is 1. The summed E-state index contributed by atoms with van der Waals surface area (Å²) in [6, 6.07) is 4.43. The molecule has 0 aromatic carbocycles. The Morgan fingerprint density at radius 1 is 1.50 bits per heavy atom. The summed E-state index contributed by atoms with van der Waals surface area (Å²) in [5.41, 5.74) is 7.99. The number of aryl methyl sites for hydroxylation is 2. The van der Waals surface area contributed by atoms with E-state index in [4.69, 9.17) is 5.73 Å². The fourth-order valence-corrected chi connectivity index (χ4v) is 1.02. The molecule has 12 heavy (non-hydrogen) atoms. The first-order valence-electron chi connectivity index (χ1n) is 4.35. The second-order valence-corrected chi connectivity index (χ2v) is 3.34. The number of aromatic nitrogens is 1. The average molecular weight is 164 g/mol. The summed E-state index contributed by atoms with van der Waals surface area (Å²) in [7, 11) is 0. The van der Waals surface area contributed by atoms with Gasteiger partial charge in [-0.05, 0) is 38.3 Å². The Morgan fingerprint density at radius 3 is 2.75 bits per heavy atom. The molecule has 2 nitrogen and oxygen atoms in total. The molecule has 0 saturated carbocycles. The van der Waals surface area contributed by atoms with Crippen LogP contribution >= 0.6 is 0 Å². The predicted molar refractivity (Wildman–Crippen MR) is 50.9 cm³/mol. The minimum absolute atomic E-state index is 0.271. The van der Waals surface area contributed by atoms with Crippen LogP contribution in [0.3, 0.4) is 0 Å². The van der Waals surface area contributed by atoms with Gasteiger partial charge in [-0.1, -0.05) is 6.07 Å². The van der Waals surface area contributed by atoms with Crippen LogP contribution in [0, 0.1) is 6.92 Å². The molecule has 0 radical (unpaired) electrons. The van der Waals surface area contributed by atoms with E-state index in [1.165, 1.54) is 5.56 Å². The lowest BCUT2D eigenvalue weighted by molar-refractivity contribution is 0.658. The van der Waals surface area contributed by atoms with E-state index in [9.17, 15) is 0 Å². The van der Waals surface area contributed by atoms with E-state index >= 15 is 0 Å². The first kappa shape index (κ1) is 9.20. The second kappa shape index (κ2) is 4.21. The Morgan fingerprint density at radius 2 is 2.25 bits per heavy atom. The molecule has 0 unspecified atom stereocenters. The number of hydrogen-bond donors (Lipinski definition) is 1. The molecule has 1 atom stereocenters. The van der Waals surface area contributed by atoms with E-state index in [0.717, 1.165) is 18.5 Å². The minimum atomic E-state index is 0.271.